The van der Waals surface area contributed by atoms with Crippen LogP contribution in [0.15, 0.2) is 113 Å². The van der Waals surface area contributed by atoms with Crippen molar-refractivity contribution in [1.29, 1.82) is 0 Å². The van der Waals surface area contributed by atoms with Crippen LogP contribution < -0.4 is 43.6 Å². The van der Waals surface area contributed by atoms with Crippen LogP contribution in [0.25, 0.3) is 22.0 Å². The van der Waals surface area contributed by atoms with Gasteiger partial charge in [0.1, 0.15) is 36.3 Å². The van der Waals surface area contributed by atoms with Crippen LogP contribution in [-0.2, 0) is 35.1 Å². The topological polar surface area (TPSA) is 284 Å². The minimum absolute atomic E-state index is 0.00766. The number of fused-ring (bicyclic) bond motifs is 4. The Morgan fingerprint density at radius 1 is 0.766 bits per heavy atom. The maximum Gasteiger partial charge on any atom is 0.245 e. The van der Waals surface area contributed by atoms with E-state index in [1.807, 2.05) is 72.8 Å². The maximum absolute atomic E-state index is 14.2. The van der Waals surface area contributed by atoms with Gasteiger partial charge in [0.05, 0.1) is 0 Å². The average molecular weight is 874 g/mol. The fourth-order valence-electron chi connectivity index (χ4n) is 7.48. The third kappa shape index (κ3) is 12.8. The molecule has 0 fully saturated rings. The molecule has 11 N–H and O–H groups in total. The monoisotopic (exact) mass is 873 g/mol. The fourth-order valence-corrected chi connectivity index (χ4v) is 7.48. The number of H-pyrrole nitrogens is 1. The third-order valence-electron chi connectivity index (χ3n) is 10.8. The van der Waals surface area contributed by atoms with Gasteiger partial charge in [0.15, 0.2) is 5.96 Å². The van der Waals surface area contributed by atoms with Crippen molar-refractivity contribution in [3.05, 3.63) is 120 Å². The van der Waals surface area contributed by atoms with Crippen molar-refractivity contribution in [3.63, 3.8) is 0 Å². The van der Waals surface area contributed by atoms with E-state index in [9.17, 15) is 29.1 Å². The Kier molecular flexibility index (Phi) is 17.2. The Bertz CT molecular complexity index is 2360. The summed E-state index contributed by atoms with van der Waals surface area (Å²) in [6, 6.07) is 17.3. The molecule has 1 aliphatic carbocycles. The molecule has 1 aliphatic rings. The molecule has 0 unspecified atom stereocenters. The van der Waals surface area contributed by atoms with Gasteiger partial charge in [0.2, 0.25) is 29.5 Å². The Hall–Kier alpha value is -7.43. The number of ether oxygens (including phenoxy) is 1. The van der Waals surface area contributed by atoms with E-state index in [1.165, 1.54) is 6.92 Å². The number of benzene rings is 3. The number of guanidine groups is 1. The number of aromatic nitrogens is 1. The van der Waals surface area contributed by atoms with Crippen LogP contribution in [0, 0.1) is 0 Å². The van der Waals surface area contributed by atoms with Gasteiger partial charge in [-0.15, -0.1) is 0 Å². The molecule has 5 atom stereocenters. The molecule has 5 rings (SSSR count). The number of nitrogens with one attached hydrogen (secondary N) is 5. The number of allylic oxidation sites excluding steroid dienone is 2. The summed E-state index contributed by atoms with van der Waals surface area (Å²) in [6.45, 7) is 5.10. The predicted molar refractivity (Wildman–Crippen MR) is 244 cm³/mol. The molecule has 0 saturated heterocycles. The van der Waals surface area contributed by atoms with Crippen LogP contribution in [0.3, 0.4) is 0 Å². The summed E-state index contributed by atoms with van der Waals surface area (Å²) in [5, 5.41) is 24.7. The summed E-state index contributed by atoms with van der Waals surface area (Å²) in [7, 11) is 0. The summed E-state index contributed by atoms with van der Waals surface area (Å²) < 4.78 is 5.64. The first-order valence-corrected chi connectivity index (χ1v) is 21.2. The van der Waals surface area contributed by atoms with E-state index < -0.39 is 65.8 Å². The summed E-state index contributed by atoms with van der Waals surface area (Å²) in [6.07, 6.45) is 8.04. The molecule has 4 aromatic rings. The van der Waals surface area contributed by atoms with Crippen molar-refractivity contribution >= 4 is 52.5 Å². The van der Waals surface area contributed by atoms with Crippen LogP contribution in [-0.4, -0.2) is 89.9 Å². The molecular formula is C47H57N10O7-. The number of carbonyl (C=O) groups is 5. The normalized spacial score (nSPS) is 14.8. The lowest BCUT2D eigenvalue weighted by atomic mass is 9.98. The van der Waals surface area contributed by atoms with Crippen LogP contribution in [0.5, 0.6) is 0 Å². The molecule has 0 aliphatic heterocycles. The number of amides is 5. The lowest BCUT2D eigenvalue weighted by molar-refractivity contribution is -0.251. The number of aliphatic imine (C=N–C) groups is 2. The first-order chi connectivity index (χ1) is 30.8. The molecule has 3 aromatic carbocycles. The summed E-state index contributed by atoms with van der Waals surface area (Å²) >= 11 is 0. The van der Waals surface area contributed by atoms with Gasteiger partial charge in [-0.3, -0.25) is 34.0 Å². The molecular weight excluding hydrogens is 817 g/mol. The highest BCUT2D eigenvalue weighted by Crippen LogP contribution is 2.44. The van der Waals surface area contributed by atoms with E-state index in [-0.39, 0.29) is 57.1 Å². The largest absolute Gasteiger partial charge is 0.599 e. The molecule has 1 heterocycles. The molecule has 1 aromatic heterocycles. The van der Waals surface area contributed by atoms with E-state index in [4.69, 9.17) is 21.9 Å². The number of hydrogen-bond acceptors (Lipinski definition) is 9. The molecule has 64 heavy (non-hydrogen) atoms. The van der Waals surface area contributed by atoms with Gasteiger partial charge in [0, 0.05) is 42.6 Å². The van der Waals surface area contributed by atoms with Crippen LogP contribution in [0.1, 0.15) is 69.1 Å². The molecule has 0 bridgehead atoms. The lowest BCUT2D eigenvalue weighted by Crippen LogP contribution is -2.58. The summed E-state index contributed by atoms with van der Waals surface area (Å²) in [5.74, 6) is -3.98. The minimum Gasteiger partial charge on any atom is -0.599 e. The number of aromatic amines is 1. The fraction of sp³-hybridized carbons (Fsp3) is 0.340. The SMILES string of the molecule is CC=CC[C@H](NC(=O)[C@H](CCCN=C(N)N)NC(=O)[C@H](Cc1c[nH]c2ccccc12)NC(=O)[C@H](C)NC(=O)[C@@H](CC=CC)N=C([O-])OCC1c2ccccc2-c2ccccc21)C(N)=O. The minimum atomic E-state index is -1.27. The first kappa shape index (κ1) is 47.6. The standard InChI is InChI=1S/C47H58N10O7/c1-4-6-20-37(41(48)58)54-44(61)38(23-14-24-51-46(49)50)55-45(62)40(25-29-26-52-36-22-13-12-15-30(29)36)56-42(59)28(3)53-43(60)39(21-7-5-2)57-47(63)64-27-35-33-18-10-8-16-31(33)32-17-9-11-19-34(32)35/h4-13,15-19,22,26,28,35,37-40,52H,14,20-21,23-25,27H2,1-3H3,(H2,48,58)(H,53,60)(H,54,61)(H,55,62)(H,56,59)(H,57,63)(H4,49,50,51)/p-1/t28-,37-,38-,39+,40-/m0/s1. The Morgan fingerprint density at radius 2 is 1.36 bits per heavy atom. The second-order valence-corrected chi connectivity index (χ2v) is 15.4. The van der Waals surface area contributed by atoms with E-state index >= 15 is 0 Å². The second kappa shape index (κ2) is 23.1. The van der Waals surface area contributed by atoms with Crippen LogP contribution >= 0.6 is 0 Å². The van der Waals surface area contributed by atoms with E-state index in [0.29, 0.717) is 5.56 Å². The number of nitrogens with zero attached hydrogens (tertiary/aromatic N) is 2. The van der Waals surface area contributed by atoms with Crippen molar-refractivity contribution in [2.24, 2.45) is 27.2 Å². The third-order valence-corrected chi connectivity index (χ3v) is 10.8. The van der Waals surface area contributed by atoms with Gasteiger partial charge >= 0.3 is 0 Å². The molecule has 338 valence electrons. The smallest absolute Gasteiger partial charge is 0.245 e. The predicted octanol–water partition coefficient (Wildman–Crippen LogP) is 2.05. The molecule has 0 spiro atoms. The Balaban J connectivity index is 1.31. The highest BCUT2D eigenvalue weighted by molar-refractivity contribution is 5.96. The van der Waals surface area contributed by atoms with Crippen molar-refractivity contribution in [2.45, 2.75) is 89.0 Å². The zero-order chi connectivity index (χ0) is 46.2. The highest BCUT2D eigenvalue weighted by atomic mass is 16.6. The van der Waals surface area contributed by atoms with Gasteiger partial charge in [-0.05, 0) is 80.3 Å². The van der Waals surface area contributed by atoms with Crippen molar-refractivity contribution in [2.75, 3.05) is 13.2 Å². The zero-order valence-electron chi connectivity index (χ0n) is 36.2. The van der Waals surface area contributed by atoms with Crippen LogP contribution in [0.2, 0.25) is 0 Å². The van der Waals surface area contributed by atoms with E-state index in [2.05, 4.69) is 36.2 Å². The molecule has 17 nitrogen and oxygen atoms in total. The molecule has 0 saturated carbocycles. The Morgan fingerprint density at radius 3 is 2.02 bits per heavy atom. The van der Waals surface area contributed by atoms with Gasteiger partial charge in [-0.1, -0.05) is 91.0 Å². The quantitative estimate of drug-likeness (QED) is 0.0248. The highest BCUT2D eigenvalue weighted by Gasteiger charge is 2.32. The zero-order valence-corrected chi connectivity index (χ0v) is 36.2. The number of primary amides is 1. The summed E-state index contributed by atoms with van der Waals surface area (Å²) in [5.41, 5.74) is 22.2. The average Bonchev–Trinajstić information content (AvgIpc) is 3.84. The number of para-hydroxylation sites is 1. The Labute approximate surface area is 372 Å². The van der Waals surface area contributed by atoms with Gasteiger partial charge in [-0.25, -0.2) is 0 Å². The van der Waals surface area contributed by atoms with Crippen molar-refractivity contribution < 1.29 is 33.8 Å². The number of hydrogen-bond donors (Lipinski definition) is 8. The molecule has 17 heteroatoms. The van der Waals surface area contributed by atoms with E-state index in [1.54, 1.807) is 44.3 Å². The lowest BCUT2D eigenvalue weighted by Gasteiger charge is -2.26. The number of carbonyl (C=O) groups excluding carboxylic acids is 5. The van der Waals surface area contributed by atoms with E-state index in [0.717, 1.165) is 33.2 Å². The first-order valence-electron chi connectivity index (χ1n) is 21.2. The maximum atomic E-state index is 14.2. The van der Waals surface area contributed by atoms with Gasteiger partial charge in [-0.2, -0.15) is 0 Å². The molecule has 5 amide bonds. The van der Waals surface area contributed by atoms with Crippen molar-refractivity contribution in [1.82, 2.24) is 26.3 Å². The summed E-state index contributed by atoms with van der Waals surface area (Å²) in [4.78, 5) is 78.9. The number of nitrogens with two attached hydrogens (primary N) is 3. The second-order valence-electron chi connectivity index (χ2n) is 15.4. The van der Waals surface area contributed by atoms with Gasteiger partial charge in [0.25, 0.3) is 0 Å². The van der Waals surface area contributed by atoms with Crippen molar-refractivity contribution in [3.8, 4) is 11.1 Å². The molecule has 0 radical (unpaired) electrons. The van der Waals surface area contributed by atoms with Crippen LogP contribution in [0.4, 0.5) is 0 Å². The number of rotatable bonds is 22. The van der Waals surface area contributed by atoms with Gasteiger partial charge < -0.3 is 53.3 Å².